The average molecular weight is 286 g/mol. The van der Waals surface area contributed by atoms with E-state index in [0.29, 0.717) is 17.8 Å². The lowest BCUT2D eigenvalue weighted by atomic mass is 10.1. The normalized spacial score (nSPS) is 11.1. The van der Waals surface area contributed by atoms with Crippen LogP contribution in [0.25, 0.3) is 0 Å². The molecule has 0 aromatic carbocycles. The highest BCUT2D eigenvalue weighted by Gasteiger charge is 2.17. The highest BCUT2D eigenvalue weighted by Crippen LogP contribution is 2.20. The molecule has 0 radical (unpaired) electrons. The Kier molecular flexibility index (Phi) is 6.92. The molecular weight excluding hydrogens is 262 g/mol. The van der Waals surface area contributed by atoms with Gasteiger partial charge in [0, 0.05) is 18.5 Å². The molecule has 0 amide bonds. The second-order valence-electron chi connectivity index (χ2n) is 4.73. The number of rotatable bonds is 8. The summed E-state index contributed by atoms with van der Waals surface area (Å²) in [6.45, 7) is 9.08. The Morgan fingerprint density at radius 3 is 2.47 bits per heavy atom. The van der Waals surface area contributed by atoms with Gasteiger partial charge in [0.15, 0.2) is 5.82 Å². The second-order valence-corrected chi connectivity index (χ2v) is 5.11. The molecule has 0 N–H and O–H groups in total. The number of alkyl halides is 1. The predicted octanol–water partition coefficient (Wildman–Crippen LogP) is 3.50. The van der Waals surface area contributed by atoms with E-state index in [1.54, 1.807) is 12.4 Å². The number of anilines is 1. The monoisotopic (exact) mass is 285 g/mol. The summed E-state index contributed by atoms with van der Waals surface area (Å²) in [4.78, 5) is 11.0. The van der Waals surface area contributed by atoms with Crippen molar-refractivity contribution in [1.29, 1.82) is 0 Å². The van der Waals surface area contributed by atoms with Crippen LogP contribution in [0.15, 0.2) is 12.4 Å². The van der Waals surface area contributed by atoms with E-state index in [-0.39, 0.29) is 6.10 Å². The fourth-order valence-corrected chi connectivity index (χ4v) is 2.26. The molecule has 0 saturated heterocycles. The highest BCUT2D eigenvalue weighted by molar-refractivity contribution is 6.18. The van der Waals surface area contributed by atoms with Crippen molar-refractivity contribution in [3.63, 3.8) is 0 Å². The number of ether oxygens (including phenoxy) is 1. The van der Waals surface area contributed by atoms with Crippen molar-refractivity contribution in [2.75, 3.05) is 17.3 Å². The molecule has 0 aliphatic heterocycles. The van der Waals surface area contributed by atoms with Crippen LogP contribution < -0.4 is 9.64 Å². The molecular formula is C14H24ClN3O. The van der Waals surface area contributed by atoms with E-state index in [4.69, 9.17) is 16.3 Å². The van der Waals surface area contributed by atoms with E-state index in [2.05, 4.69) is 28.7 Å². The van der Waals surface area contributed by atoms with Gasteiger partial charge in [0.2, 0.25) is 5.88 Å². The van der Waals surface area contributed by atoms with Crippen LogP contribution in [0.2, 0.25) is 0 Å². The first-order valence-electron chi connectivity index (χ1n) is 6.93. The maximum absolute atomic E-state index is 5.91. The molecule has 0 bridgehead atoms. The zero-order valence-corrected chi connectivity index (χ0v) is 13.0. The van der Waals surface area contributed by atoms with E-state index in [1.165, 1.54) is 0 Å². The second kappa shape index (κ2) is 8.20. The number of halogens is 1. The Bertz CT molecular complexity index is 369. The lowest BCUT2D eigenvalue weighted by Crippen LogP contribution is -2.36. The van der Waals surface area contributed by atoms with Crippen molar-refractivity contribution < 1.29 is 4.74 Å². The molecule has 1 heterocycles. The minimum absolute atomic E-state index is 0.0965. The lowest BCUT2D eigenvalue weighted by Gasteiger charge is -2.30. The number of hydrogen-bond acceptors (Lipinski definition) is 4. The molecule has 1 rings (SSSR count). The lowest BCUT2D eigenvalue weighted by molar-refractivity contribution is 0.231. The van der Waals surface area contributed by atoms with E-state index < -0.39 is 0 Å². The molecule has 0 saturated carbocycles. The third-order valence-corrected chi connectivity index (χ3v) is 3.13. The van der Waals surface area contributed by atoms with Gasteiger partial charge >= 0.3 is 0 Å². The molecule has 0 aliphatic carbocycles. The van der Waals surface area contributed by atoms with Gasteiger partial charge in [-0.3, -0.25) is 4.98 Å². The standard InChI is InChI=1S/C14H24ClN3O/c1-5-12(6-2)18(8-7-15)13-9-16-10-14(17-13)19-11(3)4/h9-12H,5-8H2,1-4H3. The van der Waals surface area contributed by atoms with Crippen molar-refractivity contribution in [3.8, 4) is 5.88 Å². The topological polar surface area (TPSA) is 38.2 Å². The van der Waals surface area contributed by atoms with E-state index in [0.717, 1.165) is 25.2 Å². The molecule has 0 unspecified atom stereocenters. The molecule has 19 heavy (non-hydrogen) atoms. The first-order chi connectivity index (χ1) is 9.12. The Morgan fingerprint density at radius 1 is 1.26 bits per heavy atom. The minimum atomic E-state index is 0.0965. The molecule has 0 atom stereocenters. The third-order valence-electron chi connectivity index (χ3n) is 2.96. The van der Waals surface area contributed by atoms with Gasteiger partial charge in [0.1, 0.15) is 0 Å². The SMILES string of the molecule is CCC(CC)N(CCCl)c1cncc(OC(C)C)n1. The van der Waals surface area contributed by atoms with E-state index in [9.17, 15) is 0 Å². The fraction of sp³-hybridized carbons (Fsp3) is 0.714. The molecule has 108 valence electrons. The van der Waals surface area contributed by atoms with Crippen LogP contribution in [0.5, 0.6) is 5.88 Å². The van der Waals surface area contributed by atoms with Crippen molar-refractivity contribution in [2.45, 2.75) is 52.7 Å². The first kappa shape index (κ1) is 16.0. The quantitative estimate of drug-likeness (QED) is 0.685. The maximum atomic E-state index is 5.91. The van der Waals surface area contributed by atoms with Crippen LogP contribution >= 0.6 is 11.6 Å². The summed E-state index contributed by atoms with van der Waals surface area (Å²) in [5.41, 5.74) is 0. The zero-order chi connectivity index (χ0) is 14.3. The van der Waals surface area contributed by atoms with Crippen LogP contribution in [-0.2, 0) is 0 Å². The largest absolute Gasteiger partial charge is 0.474 e. The molecule has 0 spiro atoms. The van der Waals surface area contributed by atoms with Gasteiger partial charge < -0.3 is 9.64 Å². The van der Waals surface area contributed by atoms with Gasteiger partial charge in [-0.15, -0.1) is 11.6 Å². The fourth-order valence-electron chi connectivity index (χ4n) is 2.08. The molecule has 0 fully saturated rings. The minimum Gasteiger partial charge on any atom is -0.474 e. The van der Waals surface area contributed by atoms with Crippen molar-refractivity contribution >= 4 is 17.4 Å². The Labute approximate surface area is 121 Å². The van der Waals surface area contributed by atoms with Gasteiger partial charge in [-0.05, 0) is 26.7 Å². The number of aromatic nitrogens is 2. The number of nitrogens with zero attached hydrogens (tertiary/aromatic N) is 3. The summed E-state index contributed by atoms with van der Waals surface area (Å²) >= 11 is 5.91. The van der Waals surface area contributed by atoms with E-state index >= 15 is 0 Å². The first-order valence-corrected chi connectivity index (χ1v) is 7.47. The van der Waals surface area contributed by atoms with Gasteiger partial charge in [0.25, 0.3) is 0 Å². The van der Waals surface area contributed by atoms with Crippen molar-refractivity contribution in [2.24, 2.45) is 0 Å². The molecule has 1 aromatic rings. The van der Waals surface area contributed by atoms with Crippen LogP contribution in [-0.4, -0.2) is 34.5 Å². The summed E-state index contributed by atoms with van der Waals surface area (Å²) in [6.07, 6.45) is 5.64. The van der Waals surface area contributed by atoms with Crippen LogP contribution in [0, 0.1) is 0 Å². The van der Waals surface area contributed by atoms with Gasteiger partial charge in [0.05, 0.1) is 18.5 Å². The molecule has 5 heteroatoms. The summed E-state index contributed by atoms with van der Waals surface area (Å²) in [5.74, 6) is 1.98. The zero-order valence-electron chi connectivity index (χ0n) is 12.3. The maximum Gasteiger partial charge on any atom is 0.234 e. The third kappa shape index (κ3) is 4.86. The molecule has 1 aromatic heterocycles. The molecule has 4 nitrogen and oxygen atoms in total. The smallest absolute Gasteiger partial charge is 0.234 e. The Balaban J connectivity index is 2.94. The Morgan fingerprint density at radius 2 is 1.95 bits per heavy atom. The predicted molar refractivity (Wildman–Crippen MR) is 80.2 cm³/mol. The summed E-state index contributed by atoms with van der Waals surface area (Å²) in [5, 5.41) is 0. The van der Waals surface area contributed by atoms with Gasteiger partial charge in [-0.1, -0.05) is 13.8 Å². The summed E-state index contributed by atoms with van der Waals surface area (Å²) in [7, 11) is 0. The Hall–Kier alpha value is -1.03. The molecule has 0 aliphatic rings. The van der Waals surface area contributed by atoms with Crippen LogP contribution in [0.3, 0.4) is 0 Å². The average Bonchev–Trinajstić information content (AvgIpc) is 2.38. The van der Waals surface area contributed by atoms with E-state index in [1.807, 2.05) is 13.8 Å². The van der Waals surface area contributed by atoms with Gasteiger partial charge in [-0.25, -0.2) is 0 Å². The highest BCUT2D eigenvalue weighted by atomic mass is 35.5. The van der Waals surface area contributed by atoms with Gasteiger partial charge in [-0.2, -0.15) is 4.98 Å². The summed E-state index contributed by atoms with van der Waals surface area (Å²) < 4.78 is 5.60. The van der Waals surface area contributed by atoms with Crippen molar-refractivity contribution in [3.05, 3.63) is 12.4 Å². The van der Waals surface area contributed by atoms with Crippen LogP contribution in [0.4, 0.5) is 5.82 Å². The summed E-state index contributed by atoms with van der Waals surface area (Å²) in [6, 6.07) is 0.433. The van der Waals surface area contributed by atoms with Crippen LogP contribution in [0.1, 0.15) is 40.5 Å². The number of hydrogen-bond donors (Lipinski definition) is 0. The van der Waals surface area contributed by atoms with Crippen molar-refractivity contribution in [1.82, 2.24) is 9.97 Å².